The van der Waals surface area contributed by atoms with Gasteiger partial charge in [-0.2, -0.15) is 0 Å². The Morgan fingerprint density at radius 1 is 1.19 bits per heavy atom. The average molecular weight is 374 g/mol. The fourth-order valence-corrected chi connectivity index (χ4v) is 3.04. The molecule has 0 aliphatic carbocycles. The van der Waals surface area contributed by atoms with Gasteiger partial charge in [0.2, 0.25) is 5.91 Å². The molecule has 2 aromatic rings. The maximum absolute atomic E-state index is 13.1. The molecule has 138 valence electrons. The number of carbonyl (C=O) groups excluding carboxylic acids is 1. The molecule has 0 bridgehead atoms. The van der Waals surface area contributed by atoms with Gasteiger partial charge in [-0.25, -0.2) is 4.39 Å². The second-order valence-corrected chi connectivity index (χ2v) is 6.50. The van der Waals surface area contributed by atoms with E-state index in [9.17, 15) is 9.18 Å². The van der Waals surface area contributed by atoms with E-state index in [2.05, 4.69) is 46.1 Å². The number of benzene rings is 2. The molecule has 0 radical (unpaired) electrons. The van der Waals surface area contributed by atoms with Crippen LogP contribution >= 0.6 is 11.8 Å². The molecule has 2 rings (SSSR count). The summed E-state index contributed by atoms with van der Waals surface area (Å²) >= 11 is 1.69. The first-order valence-corrected chi connectivity index (χ1v) is 9.37. The summed E-state index contributed by atoms with van der Waals surface area (Å²) in [6, 6.07) is 12.1. The molecule has 0 aliphatic heterocycles. The Hall–Kier alpha value is -2.54. The van der Waals surface area contributed by atoms with Crippen molar-refractivity contribution >= 4 is 29.3 Å². The molecule has 0 aromatic heterocycles. The van der Waals surface area contributed by atoms with Gasteiger partial charge in [-0.05, 0) is 48.6 Å². The van der Waals surface area contributed by atoms with Crippen molar-refractivity contribution in [1.82, 2.24) is 10.6 Å². The van der Waals surface area contributed by atoms with Gasteiger partial charge >= 0.3 is 0 Å². The standard InChI is InChI=1S/C19H23FN4OS/c1-13-7-8-14(17(9-13)26-3)11-22-19(21-2)23-12-18(25)24-16-6-4-5-15(20)10-16/h4-10H,11-12H2,1-3H3,(H,24,25)(H2,21,22,23). The minimum atomic E-state index is -0.393. The third-order valence-corrected chi connectivity index (χ3v) is 4.46. The number of nitrogens with one attached hydrogen (secondary N) is 3. The van der Waals surface area contributed by atoms with E-state index in [0.717, 1.165) is 5.56 Å². The van der Waals surface area contributed by atoms with Crippen LogP contribution in [0.4, 0.5) is 10.1 Å². The Balaban J connectivity index is 1.85. The molecule has 7 heteroatoms. The number of rotatable bonds is 6. The molecule has 0 fully saturated rings. The topological polar surface area (TPSA) is 65.5 Å². The Morgan fingerprint density at radius 2 is 2.00 bits per heavy atom. The molecule has 0 saturated carbocycles. The summed E-state index contributed by atoms with van der Waals surface area (Å²) < 4.78 is 13.1. The van der Waals surface area contributed by atoms with Crippen LogP contribution < -0.4 is 16.0 Å². The van der Waals surface area contributed by atoms with E-state index in [-0.39, 0.29) is 12.5 Å². The summed E-state index contributed by atoms with van der Waals surface area (Å²) in [4.78, 5) is 17.3. The summed E-state index contributed by atoms with van der Waals surface area (Å²) in [6.45, 7) is 2.69. The number of halogens is 1. The van der Waals surface area contributed by atoms with Crippen LogP contribution in [-0.4, -0.2) is 31.7 Å². The van der Waals surface area contributed by atoms with Crippen LogP contribution in [0.15, 0.2) is 52.4 Å². The van der Waals surface area contributed by atoms with Crippen molar-refractivity contribution in [3.63, 3.8) is 0 Å². The number of anilines is 1. The first-order chi connectivity index (χ1) is 12.5. The zero-order valence-corrected chi connectivity index (χ0v) is 15.9. The van der Waals surface area contributed by atoms with Crippen molar-refractivity contribution in [3.05, 3.63) is 59.4 Å². The molecule has 5 nitrogen and oxygen atoms in total. The van der Waals surface area contributed by atoms with E-state index in [1.807, 2.05) is 6.26 Å². The average Bonchev–Trinajstić information content (AvgIpc) is 2.62. The van der Waals surface area contributed by atoms with Gasteiger partial charge in [0.15, 0.2) is 5.96 Å². The summed E-state index contributed by atoms with van der Waals surface area (Å²) in [7, 11) is 1.64. The van der Waals surface area contributed by atoms with E-state index in [4.69, 9.17) is 0 Å². The van der Waals surface area contributed by atoms with Gasteiger partial charge in [-0.15, -0.1) is 11.8 Å². The summed E-state index contributed by atoms with van der Waals surface area (Å²) in [5.41, 5.74) is 2.80. The molecule has 0 heterocycles. The fourth-order valence-electron chi connectivity index (χ4n) is 2.33. The molecule has 0 unspecified atom stereocenters. The highest BCUT2D eigenvalue weighted by molar-refractivity contribution is 7.98. The lowest BCUT2D eigenvalue weighted by atomic mass is 10.1. The molecule has 1 amide bonds. The first kappa shape index (κ1) is 19.8. The summed E-state index contributed by atoms with van der Waals surface area (Å²) in [6.07, 6.45) is 2.04. The predicted molar refractivity (Wildman–Crippen MR) is 106 cm³/mol. The van der Waals surface area contributed by atoms with Crippen LogP contribution in [0.1, 0.15) is 11.1 Å². The zero-order chi connectivity index (χ0) is 18.9. The molecule has 3 N–H and O–H groups in total. The number of carbonyl (C=O) groups is 1. The highest BCUT2D eigenvalue weighted by atomic mass is 32.2. The molecule has 0 atom stereocenters. The highest BCUT2D eigenvalue weighted by Crippen LogP contribution is 2.21. The second kappa shape index (κ2) is 9.82. The van der Waals surface area contributed by atoms with Gasteiger partial charge in [0, 0.05) is 24.2 Å². The van der Waals surface area contributed by atoms with Crippen molar-refractivity contribution in [1.29, 1.82) is 0 Å². The lowest BCUT2D eigenvalue weighted by Crippen LogP contribution is -2.41. The predicted octanol–water partition coefficient (Wildman–Crippen LogP) is 3.16. The van der Waals surface area contributed by atoms with E-state index >= 15 is 0 Å². The van der Waals surface area contributed by atoms with Crippen molar-refractivity contribution in [2.24, 2.45) is 4.99 Å². The molecular weight excluding hydrogens is 351 g/mol. The number of thioether (sulfide) groups is 1. The van der Waals surface area contributed by atoms with E-state index in [0.29, 0.717) is 18.2 Å². The minimum absolute atomic E-state index is 0.0273. The molecule has 2 aromatic carbocycles. The summed E-state index contributed by atoms with van der Waals surface area (Å²) in [5.74, 6) is -0.151. The van der Waals surface area contributed by atoms with E-state index < -0.39 is 5.82 Å². The maximum atomic E-state index is 13.1. The zero-order valence-electron chi connectivity index (χ0n) is 15.1. The SMILES string of the molecule is CN=C(NCC(=O)Nc1cccc(F)c1)NCc1ccc(C)cc1SC. The van der Waals surface area contributed by atoms with Crippen LogP contribution in [0.25, 0.3) is 0 Å². The maximum Gasteiger partial charge on any atom is 0.243 e. The number of hydrogen-bond donors (Lipinski definition) is 3. The van der Waals surface area contributed by atoms with Crippen LogP contribution in [0.2, 0.25) is 0 Å². The third-order valence-electron chi connectivity index (χ3n) is 3.64. The number of aliphatic imine (C=N–C) groups is 1. The fraction of sp³-hybridized carbons (Fsp3) is 0.263. The van der Waals surface area contributed by atoms with E-state index in [1.165, 1.54) is 22.6 Å². The van der Waals surface area contributed by atoms with Gasteiger partial charge in [-0.1, -0.05) is 18.2 Å². The Labute approximate surface area is 157 Å². The van der Waals surface area contributed by atoms with Gasteiger partial charge in [0.25, 0.3) is 0 Å². The monoisotopic (exact) mass is 374 g/mol. The van der Waals surface area contributed by atoms with Crippen LogP contribution in [-0.2, 0) is 11.3 Å². The van der Waals surface area contributed by atoms with Crippen molar-refractivity contribution in [2.45, 2.75) is 18.4 Å². The largest absolute Gasteiger partial charge is 0.352 e. The number of amides is 1. The smallest absolute Gasteiger partial charge is 0.243 e. The lowest BCUT2D eigenvalue weighted by molar-refractivity contribution is -0.115. The van der Waals surface area contributed by atoms with Gasteiger partial charge in [0.1, 0.15) is 5.82 Å². The Morgan fingerprint density at radius 3 is 2.69 bits per heavy atom. The first-order valence-electron chi connectivity index (χ1n) is 8.15. The van der Waals surface area contributed by atoms with Gasteiger partial charge in [-0.3, -0.25) is 9.79 Å². The molecule has 26 heavy (non-hydrogen) atoms. The molecule has 0 aliphatic rings. The van der Waals surface area contributed by atoms with Crippen LogP contribution in [0.5, 0.6) is 0 Å². The second-order valence-electron chi connectivity index (χ2n) is 5.65. The Bertz CT molecular complexity index is 795. The minimum Gasteiger partial charge on any atom is -0.352 e. The van der Waals surface area contributed by atoms with Crippen LogP contribution in [0.3, 0.4) is 0 Å². The van der Waals surface area contributed by atoms with Crippen molar-refractivity contribution in [3.8, 4) is 0 Å². The number of guanidine groups is 1. The lowest BCUT2D eigenvalue weighted by Gasteiger charge is -2.14. The molecular formula is C19H23FN4OS. The Kier molecular flexibility index (Phi) is 7.47. The van der Waals surface area contributed by atoms with Crippen molar-refractivity contribution in [2.75, 3.05) is 25.2 Å². The van der Waals surface area contributed by atoms with Gasteiger partial charge in [0.05, 0.1) is 6.54 Å². The van der Waals surface area contributed by atoms with E-state index in [1.54, 1.807) is 30.9 Å². The highest BCUT2D eigenvalue weighted by Gasteiger charge is 2.07. The van der Waals surface area contributed by atoms with Crippen molar-refractivity contribution < 1.29 is 9.18 Å². The molecule has 0 spiro atoms. The molecule has 0 saturated heterocycles. The normalized spacial score (nSPS) is 11.2. The quantitative estimate of drug-likeness (QED) is 0.413. The summed E-state index contributed by atoms with van der Waals surface area (Å²) in [5, 5.41) is 8.78. The van der Waals surface area contributed by atoms with Gasteiger partial charge < -0.3 is 16.0 Å². The third kappa shape index (κ3) is 6.07. The van der Waals surface area contributed by atoms with Crippen LogP contribution in [0, 0.1) is 12.7 Å². The number of aryl methyl sites for hydroxylation is 1. The number of hydrogen-bond acceptors (Lipinski definition) is 3. The number of nitrogens with zero attached hydrogens (tertiary/aromatic N) is 1.